The van der Waals surface area contributed by atoms with Crippen LogP contribution in [-0.2, 0) is 0 Å². The number of rotatable bonds is 3. The number of nitrogens with one attached hydrogen (secondary N) is 1. The summed E-state index contributed by atoms with van der Waals surface area (Å²) in [5.41, 5.74) is 1.57. The molecule has 0 radical (unpaired) electrons. The van der Waals surface area contributed by atoms with E-state index in [0.717, 1.165) is 30.0 Å². The van der Waals surface area contributed by atoms with Crippen LogP contribution in [0.5, 0.6) is 0 Å². The van der Waals surface area contributed by atoms with E-state index >= 15 is 0 Å². The first kappa shape index (κ1) is 11.9. The zero-order chi connectivity index (χ0) is 12.5. The number of fused-ring (bicyclic) bond motifs is 2. The molecule has 2 nitrogen and oxygen atoms in total. The number of anilines is 1. The third-order valence-corrected chi connectivity index (χ3v) is 4.78. The van der Waals surface area contributed by atoms with E-state index in [2.05, 4.69) is 11.4 Å². The van der Waals surface area contributed by atoms with Crippen molar-refractivity contribution in [2.24, 2.45) is 17.8 Å². The minimum absolute atomic E-state index is 0.622. The standard InChI is InChI=1S/C15H17ClN2/c16-14-3-4-15(12(7-14)8-17)18-9-13-6-10-1-2-11(13)5-10/h3-4,7,10-11,13,18H,1-2,5-6,9H2. The Bertz CT molecular complexity index is 492. The van der Waals surface area contributed by atoms with Crippen LogP contribution < -0.4 is 5.32 Å². The summed E-state index contributed by atoms with van der Waals surface area (Å²) in [6, 6.07) is 7.68. The number of nitrogens with zero attached hydrogens (tertiary/aromatic N) is 1. The van der Waals surface area contributed by atoms with Gasteiger partial charge in [-0.05, 0) is 55.2 Å². The lowest BCUT2D eigenvalue weighted by molar-refractivity contribution is 0.348. The average molecular weight is 261 g/mol. The van der Waals surface area contributed by atoms with Crippen LogP contribution in [0, 0.1) is 29.1 Å². The van der Waals surface area contributed by atoms with Crippen molar-refractivity contribution in [3.8, 4) is 6.07 Å². The third kappa shape index (κ3) is 2.20. The lowest BCUT2D eigenvalue weighted by atomic mass is 9.89. The van der Waals surface area contributed by atoms with Gasteiger partial charge in [-0.3, -0.25) is 0 Å². The second-order valence-electron chi connectivity index (χ2n) is 5.62. The molecule has 2 aliphatic rings. The summed E-state index contributed by atoms with van der Waals surface area (Å²) in [5.74, 6) is 2.69. The molecule has 0 amide bonds. The largest absolute Gasteiger partial charge is 0.384 e. The quantitative estimate of drug-likeness (QED) is 0.890. The van der Waals surface area contributed by atoms with Crippen LogP contribution in [0.25, 0.3) is 0 Å². The second kappa shape index (κ2) is 4.82. The number of hydrogen-bond donors (Lipinski definition) is 1. The maximum Gasteiger partial charge on any atom is 0.101 e. The molecule has 3 rings (SSSR count). The van der Waals surface area contributed by atoms with Crippen molar-refractivity contribution in [2.45, 2.75) is 25.7 Å². The molecular formula is C15H17ClN2. The van der Waals surface area contributed by atoms with Crippen LogP contribution in [0.2, 0.25) is 5.02 Å². The van der Waals surface area contributed by atoms with Gasteiger partial charge in [-0.1, -0.05) is 18.0 Å². The number of benzene rings is 1. The summed E-state index contributed by atoms with van der Waals surface area (Å²) in [7, 11) is 0. The Labute approximate surface area is 113 Å². The highest BCUT2D eigenvalue weighted by atomic mass is 35.5. The molecule has 1 N–H and O–H groups in total. The van der Waals surface area contributed by atoms with Crippen molar-refractivity contribution in [1.29, 1.82) is 5.26 Å². The fourth-order valence-electron chi connectivity index (χ4n) is 3.63. The van der Waals surface area contributed by atoms with Gasteiger partial charge < -0.3 is 5.32 Å². The van der Waals surface area contributed by atoms with Gasteiger partial charge in [0.2, 0.25) is 0 Å². The van der Waals surface area contributed by atoms with Crippen LogP contribution >= 0.6 is 11.6 Å². The Balaban J connectivity index is 1.65. The van der Waals surface area contributed by atoms with Gasteiger partial charge in [-0.25, -0.2) is 0 Å². The normalized spacial score (nSPS) is 29.2. The molecule has 94 valence electrons. The molecule has 2 fully saturated rings. The van der Waals surface area contributed by atoms with Gasteiger partial charge in [-0.2, -0.15) is 5.26 Å². The van der Waals surface area contributed by atoms with Crippen molar-refractivity contribution >= 4 is 17.3 Å². The lowest BCUT2D eigenvalue weighted by Gasteiger charge is -2.22. The van der Waals surface area contributed by atoms with Crippen LogP contribution in [-0.4, -0.2) is 6.54 Å². The van der Waals surface area contributed by atoms with Crippen LogP contribution in [0.3, 0.4) is 0 Å². The van der Waals surface area contributed by atoms with Crippen LogP contribution in [0.4, 0.5) is 5.69 Å². The number of nitriles is 1. The SMILES string of the molecule is N#Cc1cc(Cl)ccc1NCC1CC2CCC1C2. The molecule has 2 aliphatic carbocycles. The second-order valence-corrected chi connectivity index (χ2v) is 6.05. The van der Waals surface area contributed by atoms with E-state index < -0.39 is 0 Å². The molecule has 3 atom stereocenters. The summed E-state index contributed by atoms with van der Waals surface area (Å²) >= 11 is 5.90. The molecule has 0 heterocycles. The molecule has 3 heteroatoms. The monoisotopic (exact) mass is 260 g/mol. The molecule has 0 spiro atoms. The first-order valence-electron chi connectivity index (χ1n) is 6.70. The van der Waals surface area contributed by atoms with Gasteiger partial charge in [0.15, 0.2) is 0 Å². The van der Waals surface area contributed by atoms with Crippen LogP contribution in [0.15, 0.2) is 18.2 Å². The average Bonchev–Trinajstić information content (AvgIpc) is 2.99. The van der Waals surface area contributed by atoms with Crippen molar-refractivity contribution < 1.29 is 0 Å². The highest BCUT2D eigenvalue weighted by molar-refractivity contribution is 6.30. The Morgan fingerprint density at radius 3 is 2.89 bits per heavy atom. The molecule has 1 aromatic rings. The minimum Gasteiger partial charge on any atom is -0.384 e. The van der Waals surface area contributed by atoms with Gasteiger partial charge in [0.05, 0.1) is 11.3 Å². The maximum atomic E-state index is 9.09. The topological polar surface area (TPSA) is 35.8 Å². The van der Waals surface area contributed by atoms with E-state index in [9.17, 15) is 0 Å². The first-order valence-corrected chi connectivity index (χ1v) is 7.07. The summed E-state index contributed by atoms with van der Waals surface area (Å²) in [5, 5.41) is 13.2. The number of hydrogen-bond acceptors (Lipinski definition) is 2. The number of halogens is 1. The fraction of sp³-hybridized carbons (Fsp3) is 0.533. The summed E-state index contributed by atoms with van der Waals surface area (Å²) in [6.45, 7) is 0.997. The molecule has 0 saturated heterocycles. The van der Waals surface area contributed by atoms with Crippen molar-refractivity contribution in [1.82, 2.24) is 0 Å². The predicted molar refractivity (Wildman–Crippen MR) is 73.6 cm³/mol. The van der Waals surface area contributed by atoms with E-state index in [1.165, 1.54) is 25.7 Å². The lowest BCUT2D eigenvalue weighted by Crippen LogP contribution is -2.20. The van der Waals surface area contributed by atoms with E-state index in [4.69, 9.17) is 16.9 Å². The molecule has 0 aliphatic heterocycles. The van der Waals surface area contributed by atoms with Gasteiger partial charge >= 0.3 is 0 Å². The molecular weight excluding hydrogens is 244 g/mol. The molecule has 1 aromatic carbocycles. The maximum absolute atomic E-state index is 9.09. The van der Waals surface area contributed by atoms with E-state index in [0.29, 0.717) is 10.6 Å². The minimum atomic E-state index is 0.622. The Kier molecular flexibility index (Phi) is 3.18. The van der Waals surface area contributed by atoms with Crippen molar-refractivity contribution in [3.05, 3.63) is 28.8 Å². The predicted octanol–water partition coefficient (Wildman–Crippen LogP) is 4.06. The smallest absolute Gasteiger partial charge is 0.101 e. The summed E-state index contributed by atoms with van der Waals surface area (Å²) in [4.78, 5) is 0. The molecule has 3 unspecified atom stereocenters. The van der Waals surface area contributed by atoms with Gasteiger partial charge in [0.1, 0.15) is 6.07 Å². The van der Waals surface area contributed by atoms with Gasteiger partial charge in [0.25, 0.3) is 0 Å². The molecule has 2 saturated carbocycles. The Morgan fingerprint density at radius 2 is 2.22 bits per heavy atom. The Hall–Kier alpha value is -1.20. The fourth-order valence-corrected chi connectivity index (χ4v) is 3.80. The molecule has 0 aromatic heterocycles. The Morgan fingerprint density at radius 1 is 1.33 bits per heavy atom. The third-order valence-electron chi connectivity index (χ3n) is 4.54. The van der Waals surface area contributed by atoms with Gasteiger partial charge in [0, 0.05) is 11.6 Å². The zero-order valence-corrected chi connectivity index (χ0v) is 11.1. The molecule has 18 heavy (non-hydrogen) atoms. The highest BCUT2D eigenvalue weighted by Crippen LogP contribution is 2.48. The summed E-state index contributed by atoms with van der Waals surface area (Å²) in [6.07, 6.45) is 5.64. The first-order chi connectivity index (χ1) is 8.76. The van der Waals surface area contributed by atoms with E-state index in [-0.39, 0.29) is 0 Å². The molecule has 2 bridgehead atoms. The summed E-state index contributed by atoms with van der Waals surface area (Å²) < 4.78 is 0. The van der Waals surface area contributed by atoms with Crippen LogP contribution in [0.1, 0.15) is 31.2 Å². The van der Waals surface area contributed by atoms with E-state index in [1.807, 2.05) is 12.1 Å². The highest BCUT2D eigenvalue weighted by Gasteiger charge is 2.39. The zero-order valence-electron chi connectivity index (χ0n) is 10.3. The van der Waals surface area contributed by atoms with E-state index in [1.54, 1.807) is 6.07 Å². The van der Waals surface area contributed by atoms with Gasteiger partial charge in [-0.15, -0.1) is 0 Å². The van der Waals surface area contributed by atoms with Crippen molar-refractivity contribution in [3.63, 3.8) is 0 Å². The van der Waals surface area contributed by atoms with Crippen molar-refractivity contribution in [2.75, 3.05) is 11.9 Å².